The van der Waals surface area contributed by atoms with Crippen LogP contribution in [0.15, 0.2) is 29.0 Å². The third-order valence-corrected chi connectivity index (χ3v) is 2.50. The molecule has 0 spiro atoms. The molecule has 0 fully saturated rings. The van der Waals surface area contributed by atoms with Crippen molar-refractivity contribution in [2.24, 2.45) is 0 Å². The van der Waals surface area contributed by atoms with Crippen LogP contribution in [-0.4, -0.2) is 4.98 Å². The zero-order valence-corrected chi connectivity index (χ0v) is 7.98. The van der Waals surface area contributed by atoms with Gasteiger partial charge in [-0.3, -0.25) is 4.98 Å². The van der Waals surface area contributed by atoms with E-state index in [1.165, 1.54) is 18.5 Å². The van der Waals surface area contributed by atoms with Gasteiger partial charge in [0.25, 0.3) is 0 Å². The van der Waals surface area contributed by atoms with E-state index in [0.29, 0.717) is 10.8 Å². The van der Waals surface area contributed by atoms with Crippen molar-refractivity contribution in [1.29, 1.82) is 0 Å². The van der Waals surface area contributed by atoms with Gasteiger partial charge in [-0.05, 0) is 33.4 Å². The Hall–Kier alpha value is -1.03. The van der Waals surface area contributed by atoms with Crippen molar-refractivity contribution >= 4 is 26.7 Å². The van der Waals surface area contributed by atoms with Crippen molar-refractivity contribution in [2.45, 2.75) is 0 Å². The highest BCUT2D eigenvalue weighted by Crippen LogP contribution is 2.26. The van der Waals surface area contributed by atoms with E-state index < -0.39 is 11.6 Å². The summed E-state index contributed by atoms with van der Waals surface area (Å²) in [5.41, 5.74) is 0. The van der Waals surface area contributed by atoms with Gasteiger partial charge in [-0.2, -0.15) is 0 Å². The molecule has 0 aliphatic rings. The van der Waals surface area contributed by atoms with Crippen molar-refractivity contribution in [1.82, 2.24) is 4.98 Å². The predicted octanol–water partition coefficient (Wildman–Crippen LogP) is 3.28. The molecular formula is C9H4BrF2N. The van der Waals surface area contributed by atoms with Crippen molar-refractivity contribution < 1.29 is 8.78 Å². The third-order valence-electron chi connectivity index (χ3n) is 1.78. The van der Waals surface area contributed by atoms with Gasteiger partial charge in [0.05, 0.1) is 4.47 Å². The Morgan fingerprint density at radius 2 is 2.08 bits per heavy atom. The van der Waals surface area contributed by atoms with E-state index in [0.717, 1.165) is 0 Å². The molecule has 0 amide bonds. The number of aromatic nitrogens is 1. The van der Waals surface area contributed by atoms with Gasteiger partial charge in [0.1, 0.15) is 11.6 Å². The number of hydrogen-bond acceptors (Lipinski definition) is 1. The second-order valence-electron chi connectivity index (χ2n) is 2.58. The van der Waals surface area contributed by atoms with Gasteiger partial charge >= 0.3 is 0 Å². The molecule has 2 aromatic rings. The van der Waals surface area contributed by atoms with Crippen LogP contribution in [0.1, 0.15) is 0 Å². The molecule has 4 heteroatoms. The first-order chi connectivity index (χ1) is 6.20. The number of hydrogen-bond donors (Lipinski definition) is 0. The van der Waals surface area contributed by atoms with Crippen molar-refractivity contribution in [3.8, 4) is 0 Å². The molecule has 0 aliphatic heterocycles. The summed E-state index contributed by atoms with van der Waals surface area (Å²) in [5, 5.41) is 0.823. The summed E-state index contributed by atoms with van der Waals surface area (Å²) in [6.07, 6.45) is 2.87. The Balaban J connectivity index is 2.94. The van der Waals surface area contributed by atoms with Crippen LogP contribution in [0.3, 0.4) is 0 Å². The van der Waals surface area contributed by atoms with Crippen LogP contribution >= 0.6 is 15.9 Å². The average molecular weight is 244 g/mol. The van der Waals surface area contributed by atoms with Crippen molar-refractivity contribution in [3.63, 3.8) is 0 Å². The topological polar surface area (TPSA) is 12.9 Å². The molecule has 0 unspecified atom stereocenters. The van der Waals surface area contributed by atoms with Crippen LogP contribution in [0.5, 0.6) is 0 Å². The second kappa shape index (κ2) is 3.03. The fourth-order valence-corrected chi connectivity index (χ4v) is 1.47. The van der Waals surface area contributed by atoms with Gasteiger partial charge in [0.15, 0.2) is 0 Å². The Labute approximate surface area is 81.5 Å². The van der Waals surface area contributed by atoms with E-state index in [1.54, 1.807) is 6.07 Å². The smallest absolute Gasteiger partial charge is 0.149 e. The number of halogens is 3. The molecule has 0 bridgehead atoms. The molecule has 0 radical (unpaired) electrons. The van der Waals surface area contributed by atoms with Crippen molar-refractivity contribution in [2.75, 3.05) is 0 Å². The van der Waals surface area contributed by atoms with Gasteiger partial charge in [-0.1, -0.05) is 0 Å². The molecule has 2 rings (SSSR count). The summed E-state index contributed by atoms with van der Waals surface area (Å²) in [5.74, 6) is -1.21. The molecule has 1 aromatic heterocycles. The van der Waals surface area contributed by atoms with Crippen LogP contribution in [0, 0.1) is 11.6 Å². The number of benzene rings is 1. The summed E-state index contributed by atoms with van der Waals surface area (Å²) in [4.78, 5) is 3.76. The van der Waals surface area contributed by atoms with Crippen LogP contribution in [0.4, 0.5) is 8.78 Å². The first-order valence-electron chi connectivity index (χ1n) is 3.57. The highest BCUT2D eigenvalue weighted by atomic mass is 79.9. The van der Waals surface area contributed by atoms with Gasteiger partial charge in [-0.25, -0.2) is 8.78 Å². The predicted molar refractivity (Wildman–Crippen MR) is 49.4 cm³/mol. The third kappa shape index (κ3) is 1.31. The van der Waals surface area contributed by atoms with E-state index >= 15 is 0 Å². The highest BCUT2D eigenvalue weighted by Gasteiger charge is 2.10. The van der Waals surface area contributed by atoms with Crippen LogP contribution in [0.2, 0.25) is 0 Å². The quantitative estimate of drug-likeness (QED) is 0.648. The van der Waals surface area contributed by atoms with Gasteiger partial charge in [0.2, 0.25) is 0 Å². The van der Waals surface area contributed by atoms with Gasteiger partial charge in [-0.15, -0.1) is 0 Å². The molecule has 66 valence electrons. The Bertz CT molecular complexity index is 470. The summed E-state index contributed by atoms with van der Waals surface area (Å²) in [6.45, 7) is 0. The Kier molecular flexibility index (Phi) is 2.00. The zero-order valence-electron chi connectivity index (χ0n) is 6.39. The van der Waals surface area contributed by atoms with Crippen molar-refractivity contribution in [3.05, 3.63) is 40.6 Å². The molecule has 1 heterocycles. The minimum atomic E-state index is -0.608. The molecule has 0 aliphatic carbocycles. The maximum atomic E-state index is 13.3. The lowest BCUT2D eigenvalue weighted by molar-refractivity contribution is 0.580. The van der Waals surface area contributed by atoms with Crippen LogP contribution in [0.25, 0.3) is 10.8 Å². The normalized spacial score (nSPS) is 10.7. The highest BCUT2D eigenvalue weighted by molar-refractivity contribution is 9.10. The monoisotopic (exact) mass is 243 g/mol. The molecular weight excluding hydrogens is 240 g/mol. The van der Waals surface area contributed by atoms with E-state index in [9.17, 15) is 8.78 Å². The molecule has 0 saturated heterocycles. The summed E-state index contributed by atoms with van der Waals surface area (Å²) in [6, 6.07) is 2.83. The summed E-state index contributed by atoms with van der Waals surface area (Å²) >= 11 is 2.82. The first kappa shape index (κ1) is 8.56. The van der Waals surface area contributed by atoms with Gasteiger partial charge < -0.3 is 0 Å². The minimum Gasteiger partial charge on any atom is -0.264 e. The molecule has 1 aromatic carbocycles. The lowest BCUT2D eigenvalue weighted by Gasteiger charge is -2.01. The fraction of sp³-hybridized carbons (Fsp3) is 0. The number of pyridine rings is 1. The molecule has 13 heavy (non-hydrogen) atoms. The largest absolute Gasteiger partial charge is 0.264 e. The number of rotatable bonds is 0. The SMILES string of the molecule is Fc1cc2ccncc2c(F)c1Br. The molecule has 1 nitrogen and oxygen atoms in total. The zero-order chi connectivity index (χ0) is 9.42. The van der Waals surface area contributed by atoms with E-state index in [4.69, 9.17) is 0 Å². The van der Waals surface area contributed by atoms with E-state index in [1.807, 2.05) is 0 Å². The Morgan fingerprint density at radius 3 is 2.85 bits per heavy atom. The molecule has 0 saturated carbocycles. The maximum Gasteiger partial charge on any atom is 0.149 e. The minimum absolute atomic E-state index is 0.145. The molecule has 0 N–H and O–H groups in total. The fourth-order valence-electron chi connectivity index (χ4n) is 1.14. The van der Waals surface area contributed by atoms with E-state index in [2.05, 4.69) is 20.9 Å². The molecule has 0 atom stereocenters. The summed E-state index contributed by atoms with van der Waals surface area (Å²) < 4.78 is 26.2. The average Bonchev–Trinajstić information content (AvgIpc) is 2.15. The van der Waals surface area contributed by atoms with E-state index in [-0.39, 0.29) is 4.47 Å². The first-order valence-corrected chi connectivity index (χ1v) is 4.36. The number of fused-ring (bicyclic) bond motifs is 1. The summed E-state index contributed by atoms with van der Waals surface area (Å²) in [7, 11) is 0. The standard InChI is InChI=1S/C9H4BrF2N/c10-8-7(11)3-5-1-2-13-4-6(5)9(8)12/h1-4H. The second-order valence-corrected chi connectivity index (χ2v) is 3.38. The lowest BCUT2D eigenvalue weighted by atomic mass is 10.2. The van der Waals surface area contributed by atoms with Crippen LogP contribution in [-0.2, 0) is 0 Å². The maximum absolute atomic E-state index is 13.3. The van der Waals surface area contributed by atoms with Gasteiger partial charge in [0, 0.05) is 17.8 Å². The lowest BCUT2D eigenvalue weighted by Crippen LogP contribution is -1.87. The van der Waals surface area contributed by atoms with Crippen LogP contribution < -0.4 is 0 Å². The number of nitrogens with zero attached hydrogens (tertiary/aromatic N) is 1. The Morgan fingerprint density at radius 1 is 1.31 bits per heavy atom.